The third-order valence-electron chi connectivity index (χ3n) is 3.18. The molecule has 24 heavy (non-hydrogen) atoms. The Balaban J connectivity index is 0.00000529. The van der Waals surface area contributed by atoms with E-state index in [1.807, 2.05) is 19.1 Å². The van der Waals surface area contributed by atoms with E-state index in [2.05, 4.69) is 15.6 Å². The second-order valence-corrected chi connectivity index (χ2v) is 5.71. The fourth-order valence-electron chi connectivity index (χ4n) is 1.98. The molecular weight excluding hydrogens is 456 g/mol. The largest absolute Gasteiger partial charge is 0.401 e. The number of halogens is 5. The van der Waals surface area contributed by atoms with Crippen molar-refractivity contribution in [2.45, 2.75) is 19.1 Å². The molecule has 2 N–H and O–H groups in total. The summed E-state index contributed by atoms with van der Waals surface area (Å²) in [7, 11) is 3.05. The van der Waals surface area contributed by atoms with Crippen LogP contribution in [0.5, 0.6) is 0 Å². The van der Waals surface area contributed by atoms with Gasteiger partial charge in [-0.25, -0.2) is 0 Å². The number of benzene rings is 1. The molecule has 0 amide bonds. The van der Waals surface area contributed by atoms with Crippen LogP contribution in [0.4, 0.5) is 13.2 Å². The summed E-state index contributed by atoms with van der Waals surface area (Å²) in [6, 6.07) is 7.41. The first-order chi connectivity index (χ1) is 10.7. The van der Waals surface area contributed by atoms with Crippen molar-refractivity contribution in [3.05, 3.63) is 34.9 Å². The standard InChI is InChI=1S/C15H22ClF3N4.HI/c1-11(12-4-6-13(16)7-5-12)22-14(20-2)21-8-9-23(3)10-15(17,18)19;/h4-7,11H,8-10H2,1-3H3,(H2,20,21,22);1H. The van der Waals surface area contributed by atoms with Gasteiger partial charge in [-0.2, -0.15) is 13.2 Å². The van der Waals surface area contributed by atoms with E-state index in [0.29, 0.717) is 17.5 Å². The number of nitrogens with zero attached hydrogens (tertiary/aromatic N) is 2. The lowest BCUT2D eigenvalue weighted by Crippen LogP contribution is -2.43. The van der Waals surface area contributed by atoms with Gasteiger partial charge in [0, 0.05) is 25.2 Å². The van der Waals surface area contributed by atoms with Crippen LogP contribution in [0, 0.1) is 0 Å². The first kappa shape index (κ1) is 23.3. The molecule has 1 aromatic carbocycles. The highest BCUT2D eigenvalue weighted by molar-refractivity contribution is 14.0. The Labute approximate surface area is 162 Å². The number of guanidine groups is 1. The van der Waals surface area contributed by atoms with Crippen molar-refractivity contribution in [3.63, 3.8) is 0 Å². The Morgan fingerprint density at radius 1 is 1.29 bits per heavy atom. The van der Waals surface area contributed by atoms with Crippen LogP contribution in [-0.4, -0.2) is 50.8 Å². The second-order valence-electron chi connectivity index (χ2n) is 5.27. The first-order valence-electron chi connectivity index (χ1n) is 7.19. The topological polar surface area (TPSA) is 39.7 Å². The van der Waals surface area contributed by atoms with Crippen molar-refractivity contribution in [2.75, 3.05) is 33.7 Å². The molecule has 0 aromatic heterocycles. The number of aliphatic imine (C=N–C) groups is 1. The van der Waals surface area contributed by atoms with Gasteiger partial charge in [-0.15, -0.1) is 24.0 Å². The second kappa shape index (κ2) is 11.0. The van der Waals surface area contributed by atoms with E-state index < -0.39 is 12.7 Å². The van der Waals surface area contributed by atoms with E-state index in [9.17, 15) is 13.2 Å². The maximum atomic E-state index is 12.2. The predicted molar refractivity (Wildman–Crippen MR) is 103 cm³/mol. The van der Waals surface area contributed by atoms with Crippen molar-refractivity contribution < 1.29 is 13.2 Å². The van der Waals surface area contributed by atoms with Gasteiger partial charge in [0.25, 0.3) is 0 Å². The average molecular weight is 479 g/mol. The highest BCUT2D eigenvalue weighted by Gasteiger charge is 2.28. The SMILES string of the molecule is CN=C(NCCN(C)CC(F)(F)F)NC(C)c1ccc(Cl)cc1.I. The fourth-order valence-corrected chi connectivity index (χ4v) is 2.11. The minimum atomic E-state index is -4.18. The third kappa shape index (κ3) is 9.53. The summed E-state index contributed by atoms with van der Waals surface area (Å²) in [6.45, 7) is 1.66. The van der Waals surface area contributed by atoms with Gasteiger partial charge in [0.1, 0.15) is 0 Å². The van der Waals surface area contributed by atoms with Crippen molar-refractivity contribution in [1.29, 1.82) is 0 Å². The lowest BCUT2D eigenvalue weighted by Gasteiger charge is -2.21. The summed E-state index contributed by atoms with van der Waals surface area (Å²) in [5, 5.41) is 6.84. The molecule has 4 nitrogen and oxygen atoms in total. The van der Waals surface area contributed by atoms with Gasteiger partial charge >= 0.3 is 6.18 Å². The lowest BCUT2D eigenvalue weighted by molar-refractivity contribution is -0.142. The molecule has 0 spiro atoms. The molecule has 1 aromatic rings. The summed E-state index contributed by atoms with van der Waals surface area (Å²) in [4.78, 5) is 5.28. The van der Waals surface area contributed by atoms with Crippen LogP contribution in [0.15, 0.2) is 29.3 Å². The van der Waals surface area contributed by atoms with Crippen LogP contribution < -0.4 is 10.6 Å². The molecule has 0 aliphatic carbocycles. The van der Waals surface area contributed by atoms with Gasteiger partial charge in [0.05, 0.1) is 12.6 Å². The van der Waals surface area contributed by atoms with Crippen LogP contribution in [0.2, 0.25) is 5.02 Å². The minimum absolute atomic E-state index is 0. The predicted octanol–water partition coefficient (Wildman–Crippen LogP) is 3.68. The Morgan fingerprint density at radius 3 is 2.38 bits per heavy atom. The van der Waals surface area contributed by atoms with Gasteiger partial charge in [-0.05, 0) is 31.7 Å². The number of nitrogens with one attached hydrogen (secondary N) is 2. The van der Waals surface area contributed by atoms with Crippen molar-refractivity contribution in [2.24, 2.45) is 4.99 Å². The van der Waals surface area contributed by atoms with Crippen molar-refractivity contribution >= 4 is 41.5 Å². The molecule has 1 rings (SSSR count). The molecule has 1 unspecified atom stereocenters. The average Bonchev–Trinajstić information content (AvgIpc) is 2.44. The Hall–Kier alpha value is -0.740. The zero-order valence-corrected chi connectivity index (χ0v) is 16.9. The molecule has 0 heterocycles. The Kier molecular flexibility index (Phi) is 10.6. The monoisotopic (exact) mass is 478 g/mol. The van der Waals surface area contributed by atoms with Crippen molar-refractivity contribution in [1.82, 2.24) is 15.5 Å². The highest BCUT2D eigenvalue weighted by Crippen LogP contribution is 2.16. The molecule has 0 radical (unpaired) electrons. The number of hydrogen-bond donors (Lipinski definition) is 2. The smallest absolute Gasteiger partial charge is 0.355 e. The van der Waals surface area contributed by atoms with E-state index in [-0.39, 0.29) is 36.6 Å². The first-order valence-corrected chi connectivity index (χ1v) is 7.57. The Morgan fingerprint density at radius 2 is 1.88 bits per heavy atom. The Bertz CT molecular complexity index is 508. The van der Waals surface area contributed by atoms with Gasteiger partial charge in [-0.3, -0.25) is 9.89 Å². The van der Waals surface area contributed by atoms with Crippen molar-refractivity contribution in [3.8, 4) is 0 Å². The van der Waals surface area contributed by atoms with E-state index in [0.717, 1.165) is 5.56 Å². The zero-order valence-electron chi connectivity index (χ0n) is 13.8. The van der Waals surface area contributed by atoms with Gasteiger partial charge in [0.15, 0.2) is 5.96 Å². The molecule has 1 atom stereocenters. The molecule has 9 heteroatoms. The highest BCUT2D eigenvalue weighted by atomic mass is 127. The third-order valence-corrected chi connectivity index (χ3v) is 3.43. The minimum Gasteiger partial charge on any atom is -0.355 e. The molecule has 138 valence electrons. The van der Waals surface area contributed by atoms with Crippen LogP contribution in [0.25, 0.3) is 0 Å². The van der Waals surface area contributed by atoms with E-state index in [1.54, 1.807) is 19.2 Å². The van der Waals surface area contributed by atoms with E-state index in [1.165, 1.54) is 11.9 Å². The quantitative estimate of drug-likeness (QED) is 0.372. The molecular formula is C15H23ClF3IN4. The van der Waals surface area contributed by atoms with E-state index in [4.69, 9.17) is 11.6 Å². The maximum Gasteiger partial charge on any atom is 0.401 e. The van der Waals surface area contributed by atoms with Gasteiger partial charge in [-0.1, -0.05) is 23.7 Å². The number of alkyl halides is 3. The van der Waals surface area contributed by atoms with Gasteiger partial charge < -0.3 is 10.6 Å². The van der Waals surface area contributed by atoms with Crippen LogP contribution >= 0.6 is 35.6 Å². The van der Waals surface area contributed by atoms with Gasteiger partial charge in [0.2, 0.25) is 0 Å². The number of hydrogen-bond acceptors (Lipinski definition) is 2. The summed E-state index contributed by atoms with van der Waals surface area (Å²) >= 11 is 5.85. The maximum absolute atomic E-state index is 12.2. The normalized spacial score (nSPS) is 13.4. The zero-order chi connectivity index (χ0) is 17.5. The lowest BCUT2D eigenvalue weighted by atomic mass is 10.1. The summed E-state index contributed by atoms with van der Waals surface area (Å²) in [5.74, 6) is 0.535. The van der Waals surface area contributed by atoms with Crippen LogP contribution in [-0.2, 0) is 0 Å². The molecule has 0 aliphatic rings. The number of likely N-dealkylation sites (N-methyl/N-ethyl adjacent to an activating group) is 1. The fraction of sp³-hybridized carbons (Fsp3) is 0.533. The molecule has 0 saturated heterocycles. The molecule has 0 saturated carbocycles. The van der Waals surface area contributed by atoms with Crippen LogP contribution in [0.3, 0.4) is 0 Å². The summed E-state index contributed by atoms with van der Waals surface area (Å²) < 4.78 is 36.7. The summed E-state index contributed by atoms with van der Waals surface area (Å²) in [6.07, 6.45) is -4.18. The van der Waals surface area contributed by atoms with Crippen LogP contribution in [0.1, 0.15) is 18.5 Å². The molecule has 0 aliphatic heterocycles. The molecule has 0 bridgehead atoms. The molecule has 0 fully saturated rings. The summed E-state index contributed by atoms with van der Waals surface area (Å²) in [5.41, 5.74) is 1.03. The van der Waals surface area contributed by atoms with E-state index >= 15 is 0 Å². The number of rotatable bonds is 6.